The first-order valence-electron chi connectivity index (χ1n) is 7.59. The maximum Gasteiger partial charge on any atom is 0.0244 e. The standard InChI is InChI=1S/C15H32N2/c1-5-7-14(16)15(6-2)17-10-8-13(9-11-17)12(3)4/h12-15H,5-11,16H2,1-4H3. The Bertz CT molecular complexity index is 195. The molecule has 1 aliphatic heterocycles. The zero-order chi connectivity index (χ0) is 12.8. The van der Waals surface area contributed by atoms with Crippen LogP contribution < -0.4 is 5.73 Å². The second-order valence-corrected chi connectivity index (χ2v) is 6.05. The topological polar surface area (TPSA) is 29.3 Å². The van der Waals surface area contributed by atoms with Crippen LogP contribution in [0.5, 0.6) is 0 Å². The zero-order valence-electron chi connectivity index (χ0n) is 12.3. The zero-order valence-corrected chi connectivity index (χ0v) is 12.3. The minimum atomic E-state index is 0.376. The van der Waals surface area contributed by atoms with Crippen molar-refractivity contribution in [2.45, 2.75) is 71.9 Å². The van der Waals surface area contributed by atoms with Crippen molar-refractivity contribution in [1.82, 2.24) is 4.90 Å². The molecule has 0 aromatic rings. The van der Waals surface area contributed by atoms with E-state index in [9.17, 15) is 0 Å². The monoisotopic (exact) mass is 240 g/mol. The van der Waals surface area contributed by atoms with Crippen LogP contribution in [-0.4, -0.2) is 30.1 Å². The second kappa shape index (κ2) is 7.38. The number of rotatable bonds is 6. The minimum Gasteiger partial charge on any atom is -0.326 e. The highest BCUT2D eigenvalue weighted by molar-refractivity contribution is 4.85. The quantitative estimate of drug-likeness (QED) is 0.772. The summed E-state index contributed by atoms with van der Waals surface area (Å²) in [6, 6.07) is 0.990. The Labute approximate surface area is 108 Å². The maximum absolute atomic E-state index is 6.32. The summed E-state index contributed by atoms with van der Waals surface area (Å²) in [5.41, 5.74) is 6.32. The van der Waals surface area contributed by atoms with Gasteiger partial charge in [0.2, 0.25) is 0 Å². The molecule has 1 heterocycles. The van der Waals surface area contributed by atoms with Crippen LogP contribution in [0.2, 0.25) is 0 Å². The molecule has 0 amide bonds. The molecule has 17 heavy (non-hydrogen) atoms. The van der Waals surface area contributed by atoms with Gasteiger partial charge in [0.05, 0.1) is 0 Å². The largest absolute Gasteiger partial charge is 0.326 e. The molecule has 1 fully saturated rings. The molecule has 2 heteroatoms. The Morgan fingerprint density at radius 1 is 1.18 bits per heavy atom. The van der Waals surface area contributed by atoms with Gasteiger partial charge in [0.25, 0.3) is 0 Å². The normalized spacial score (nSPS) is 22.9. The summed E-state index contributed by atoms with van der Waals surface area (Å²) in [4.78, 5) is 2.65. The van der Waals surface area contributed by atoms with Gasteiger partial charge in [-0.15, -0.1) is 0 Å². The summed E-state index contributed by atoms with van der Waals surface area (Å²) in [6.45, 7) is 11.8. The first-order valence-corrected chi connectivity index (χ1v) is 7.59. The third kappa shape index (κ3) is 4.26. The van der Waals surface area contributed by atoms with E-state index in [0.717, 1.165) is 11.8 Å². The minimum absolute atomic E-state index is 0.376. The summed E-state index contributed by atoms with van der Waals surface area (Å²) in [5, 5.41) is 0. The van der Waals surface area contributed by atoms with Crippen LogP contribution in [0.1, 0.15) is 59.8 Å². The van der Waals surface area contributed by atoms with Crippen molar-refractivity contribution in [2.24, 2.45) is 17.6 Å². The summed E-state index contributed by atoms with van der Waals surface area (Å²) in [5.74, 6) is 1.78. The Morgan fingerprint density at radius 3 is 2.18 bits per heavy atom. The molecule has 1 rings (SSSR count). The van der Waals surface area contributed by atoms with Gasteiger partial charge in [0.1, 0.15) is 0 Å². The summed E-state index contributed by atoms with van der Waals surface area (Å²) in [6.07, 6.45) is 6.32. The average molecular weight is 240 g/mol. The highest BCUT2D eigenvalue weighted by Gasteiger charge is 2.28. The molecule has 0 saturated carbocycles. The SMILES string of the molecule is CCCC(N)C(CC)N1CCC(C(C)C)CC1. The molecular weight excluding hydrogens is 208 g/mol. The predicted octanol–water partition coefficient (Wildman–Crippen LogP) is 3.26. The van der Waals surface area contributed by atoms with Crippen LogP contribution in [-0.2, 0) is 0 Å². The fraction of sp³-hybridized carbons (Fsp3) is 1.00. The number of nitrogens with two attached hydrogens (primary N) is 1. The molecule has 0 aliphatic carbocycles. The van der Waals surface area contributed by atoms with Gasteiger partial charge in [-0.25, -0.2) is 0 Å². The highest BCUT2D eigenvalue weighted by Crippen LogP contribution is 2.26. The fourth-order valence-corrected chi connectivity index (χ4v) is 3.28. The lowest BCUT2D eigenvalue weighted by Gasteiger charge is -2.40. The van der Waals surface area contributed by atoms with Crippen LogP contribution in [0.4, 0.5) is 0 Å². The van der Waals surface area contributed by atoms with E-state index in [1.165, 1.54) is 45.2 Å². The Balaban J connectivity index is 2.44. The van der Waals surface area contributed by atoms with Gasteiger partial charge >= 0.3 is 0 Å². The fourth-order valence-electron chi connectivity index (χ4n) is 3.28. The van der Waals surface area contributed by atoms with Gasteiger partial charge in [0, 0.05) is 12.1 Å². The number of piperidine rings is 1. The molecular formula is C15H32N2. The molecule has 0 bridgehead atoms. The van der Waals surface area contributed by atoms with Crippen molar-refractivity contribution in [3.8, 4) is 0 Å². The second-order valence-electron chi connectivity index (χ2n) is 6.05. The van der Waals surface area contributed by atoms with Crippen molar-refractivity contribution in [2.75, 3.05) is 13.1 Å². The lowest BCUT2D eigenvalue weighted by atomic mass is 9.85. The van der Waals surface area contributed by atoms with E-state index in [-0.39, 0.29) is 0 Å². The lowest BCUT2D eigenvalue weighted by molar-refractivity contribution is 0.0960. The van der Waals surface area contributed by atoms with E-state index in [1.54, 1.807) is 0 Å². The summed E-state index contributed by atoms with van der Waals surface area (Å²) < 4.78 is 0. The molecule has 2 N–H and O–H groups in total. The van der Waals surface area contributed by atoms with Crippen molar-refractivity contribution < 1.29 is 0 Å². The van der Waals surface area contributed by atoms with E-state index >= 15 is 0 Å². The van der Waals surface area contributed by atoms with Gasteiger partial charge in [-0.2, -0.15) is 0 Å². The van der Waals surface area contributed by atoms with Crippen LogP contribution in [0.3, 0.4) is 0 Å². The summed E-state index contributed by atoms with van der Waals surface area (Å²) in [7, 11) is 0. The van der Waals surface area contributed by atoms with Gasteiger partial charge in [-0.3, -0.25) is 4.90 Å². The van der Waals surface area contributed by atoms with Crippen LogP contribution in [0.15, 0.2) is 0 Å². The molecule has 2 unspecified atom stereocenters. The highest BCUT2D eigenvalue weighted by atomic mass is 15.2. The average Bonchev–Trinajstić information content (AvgIpc) is 2.31. The van der Waals surface area contributed by atoms with E-state index in [0.29, 0.717) is 12.1 Å². The number of hydrogen-bond acceptors (Lipinski definition) is 2. The van der Waals surface area contributed by atoms with E-state index in [2.05, 4.69) is 32.6 Å². The van der Waals surface area contributed by atoms with Crippen LogP contribution >= 0.6 is 0 Å². The van der Waals surface area contributed by atoms with Crippen LogP contribution in [0, 0.1) is 11.8 Å². The molecule has 0 aromatic heterocycles. The molecule has 0 spiro atoms. The molecule has 0 radical (unpaired) electrons. The molecule has 0 aromatic carbocycles. The van der Waals surface area contributed by atoms with Crippen molar-refractivity contribution in [3.05, 3.63) is 0 Å². The van der Waals surface area contributed by atoms with E-state index in [1.807, 2.05) is 0 Å². The summed E-state index contributed by atoms with van der Waals surface area (Å²) >= 11 is 0. The Hall–Kier alpha value is -0.0800. The number of hydrogen-bond donors (Lipinski definition) is 1. The molecule has 1 saturated heterocycles. The molecule has 2 atom stereocenters. The van der Waals surface area contributed by atoms with Crippen molar-refractivity contribution in [1.29, 1.82) is 0 Å². The molecule has 102 valence electrons. The third-order valence-corrected chi connectivity index (χ3v) is 4.52. The van der Waals surface area contributed by atoms with Gasteiger partial charge in [-0.1, -0.05) is 34.1 Å². The van der Waals surface area contributed by atoms with Crippen molar-refractivity contribution >= 4 is 0 Å². The smallest absolute Gasteiger partial charge is 0.0244 e. The van der Waals surface area contributed by atoms with Gasteiger partial charge < -0.3 is 5.73 Å². The third-order valence-electron chi connectivity index (χ3n) is 4.52. The number of likely N-dealkylation sites (tertiary alicyclic amines) is 1. The number of nitrogens with zero attached hydrogens (tertiary/aromatic N) is 1. The molecule has 2 nitrogen and oxygen atoms in total. The maximum atomic E-state index is 6.32. The predicted molar refractivity (Wildman–Crippen MR) is 76.1 cm³/mol. The first kappa shape index (κ1) is 15.0. The first-order chi connectivity index (χ1) is 8.10. The van der Waals surface area contributed by atoms with E-state index < -0.39 is 0 Å². The van der Waals surface area contributed by atoms with Crippen molar-refractivity contribution in [3.63, 3.8) is 0 Å². The molecule has 1 aliphatic rings. The van der Waals surface area contributed by atoms with Crippen LogP contribution in [0.25, 0.3) is 0 Å². The van der Waals surface area contributed by atoms with E-state index in [4.69, 9.17) is 5.73 Å². The Kier molecular flexibility index (Phi) is 6.50. The van der Waals surface area contributed by atoms with Gasteiger partial charge in [0.15, 0.2) is 0 Å². The van der Waals surface area contributed by atoms with Gasteiger partial charge in [-0.05, 0) is 50.6 Å². The Morgan fingerprint density at radius 2 is 1.76 bits per heavy atom. The lowest BCUT2D eigenvalue weighted by Crippen LogP contribution is -2.50.